The molecule has 0 radical (unpaired) electrons. The predicted molar refractivity (Wildman–Crippen MR) is 85.9 cm³/mol. The Morgan fingerprint density at radius 2 is 1.95 bits per heavy atom. The van der Waals surface area contributed by atoms with E-state index < -0.39 is 10.0 Å². The molecule has 0 bridgehead atoms. The molecule has 2 N–H and O–H groups in total. The molecule has 1 aromatic rings. The van der Waals surface area contributed by atoms with E-state index >= 15 is 0 Å². The maximum atomic E-state index is 12.9. The summed E-state index contributed by atoms with van der Waals surface area (Å²) in [6.45, 7) is 9.86. The molecule has 0 spiro atoms. The predicted octanol–water partition coefficient (Wildman–Crippen LogP) is 2.02. The zero-order valence-electron chi connectivity index (χ0n) is 13.1. The van der Waals surface area contributed by atoms with Gasteiger partial charge in [-0.1, -0.05) is 12.1 Å². The second kappa shape index (κ2) is 7.06. The van der Waals surface area contributed by atoms with Crippen molar-refractivity contribution < 1.29 is 13.2 Å². The lowest BCUT2D eigenvalue weighted by atomic mass is 10.1. The first-order valence-corrected chi connectivity index (χ1v) is 8.17. The van der Waals surface area contributed by atoms with Crippen molar-refractivity contribution in [3.8, 4) is 0 Å². The third-order valence-electron chi connectivity index (χ3n) is 3.44. The van der Waals surface area contributed by atoms with E-state index in [1.807, 2.05) is 6.92 Å². The van der Waals surface area contributed by atoms with Crippen LogP contribution in [0.5, 0.6) is 0 Å². The van der Waals surface area contributed by atoms with E-state index in [9.17, 15) is 8.42 Å². The van der Waals surface area contributed by atoms with E-state index in [1.165, 1.54) is 4.31 Å². The van der Waals surface area contributed by atoms with Gasteiger partial charge >= 0.3 is 0 Å². The number of aryl methyl sites for hydroxylation is 2. The first-order valence-electron chi connectivity index (χ1n) is 6.73. The lowest BCUT2D eigenvalue weighted by molar-refractivity contribution is 0.182. The summed E-state index contributed by atoms with van der Waals surface area (Å²) in [5.41, 5.74) is 8.69. The van der Waals surface area contributed by atoms with Crippen LogP contribution in [0, 0.1) is 20.8 Å². The van der Waals surface area contributed by atoms with Crippen molar-refractivity contribution in [2.75, 3.05) is 32.5 Å². The molecule has 21 heavy (non-hydrogen) atoms. The van der Waals surface area contributed by atoms with Crippen LogP contribution in [0.25, 0.3) is 0 Å². The molecule has 1 rings (SSSR count). The van der Waals surface area contributed by atoms with Crippen LogP contribution in [0.4, 0.5) is 5.69 Å². The van der Waals surface area contributed by atoms with Gasteiger partial charge in [0.25, 0.3) is 0 Å². The van der Waals surface area contributed by atoms with Gasteiger partial charge in [-0.15, -0.1) is 6.58 Å². The zero-order valence-corrected chi connectivity index (χ0v) is 14.0. The summed E-state index contributed by atoms with van der Waals surface area (Å²) in [6.07, 6.45) is 1.56. The topological polar surface area (TPSA) is 72.6 Å². The molecule has 5 nitrogen and oxygen atoms in total. The van der Waals surface area contributed by atoms with E-state index in [4.69, 9.17) is 10.5 Å². The number of sulfonamides is 1. The van der Waals surface area contributed by atoms with Gasteiger partial charge in [0.1, 0.15) is 0 Å². The fourth-order valence-electron chi connectivity index (χ4n) is 2.35. The fraction of sp³-hybridized carbons (Fsp3) is 0.467. The van der Waals surface area contributed by atoms with Crippen molar-refractivity contribution in [2.24, 2.45) is 0 Å². The van der Waals surface area contributed by atoms with Crippen LogP contribution in [0.2, 0.25) is 0 Å². The van der Waals surface area contributed by atoms with E-state index in [0.717, 1.165) is 5.56 Å². The summed E-state index contributed by atoms with van der Waals surface area (Å²) in [4.78, 5) is 0.281. The summed E-state index contributed by atoms with van der Waals surface area (Å²) in [6, 6.07) is 1.80. The number of rotatable bonds is 7. The number of anilines is 1. The molecule has 0 aromatic heterocycles. The molecule has 1 aromatic carbocycles. The highest BCUT2D eigenvalue weighted by atomic mass is 32.2. The van der Waals surface area contributed by atoms with Crippen molar-refractivity contribution in [1.29, 1.82) is 0 Å². The molecule has 0 saturated heterocycles. The molecule has 0 fully saturated rings. The van der Waals surface area contributed by atoms with Crippen LogP contribution in [0.3, 0.4) is 0 Å². The van der Waals surface area contributed by atoms with Gasteiger partial charge in [-0.3, -0.25) is 0 Å². The Kier molecular flexibility index (Phi) is 5.95. The smallest absolute Gasteiger partial charge is 0.244 e. The molecular weight excluding hydrogens is 288 g/mol. The summed E-state index contributed by atoms with van der Waals surface area (Å²) >= 11 is 0. The number of nitrogen functional groups attached to an aromatic ring is 1. The van der Waals surface area contributed by atoms with E-state index in [1.54, 1.807) is 33.1 Å². The monoisotopic (exact) mass is 312 g/mol. The van der Waals surface area contributed by atoms with Gasteiger partial charge in [-0.25, -0.2) is 8.42 Å². The lowest BCUT2D eigenvalue weighted by Gasteiger charge is -2.23. The number of benzene rings is 1. The number of methoxy groups -OCH3 is 1. The third kappa shape index (κ3) is 3.64. The first-order chi connectivity index (χ1) is 9.77. The highest BCUT2D eigenvalue weighted by Gasteiger charge is 2.28. The van der Waals surface area contributed by atoms with Gasteiger partial charge in [-0.2, -0.15) is 4.31 Å². The molecule has 0 atom stereocenters. The van der Waals surface area contributed by atoms with Crippen molar-refractivity contribution in [2.45, 2.75) is 25.7 Å². The van der Waals surface area contributed by atoms with Crippen molar-refractivity contribution >= 4 is 15.7 Å². The standard InChI is InChI=1S/C15H24N2O3S/c1-6-7-17(8-9-20-5)21(18,19)15-12(3)10-11(2)14(16)13(15)4/h6,10H,1,7-9,16H2,2-5H3. The Bertz CT molecular complexity index is 624. The van der Waals surface area contributed by atoms with Crippen LogP contribution >= 0.6 is 0 Å². The number of nitrogens with two attached hydrogens (primary N) is 1. The van der Waals surface area contributed by atoms with Gasteiger partial charge in [0, 0.05) is 25.9 Å². The highest BCUT2D eigenvalue weighted by Crippen LogP contribution is 2.30. The minimum Gasteiger partial charge on any atom is -0.398 e. The molecule has 0 aliphatic heterocycles. The molecule has 0 saturated carbocycles. The van der Waals surface area contributed by atoms with Crippen molar-refractivity contribution in [1.82, 2.24) is 4.31 Å². The second-order valence-electron chi connectivity index (χ2n) is 5.02. The highest BCUT2D eigenvalue weighted by molar-refractivity contribution is 7.89. The average Bonchev–Trinajstić information content (AvgIpc) is 2.40. The van der Waals surface area contributed by atoms with Crippen LogP contribution in [-0.4, -0.2) is 39.5 Å². The lowest BCUT2D eigenvalue weighted by Crippen LogP contribution is -2.35. The normalized spacial score (nSPS) is 11.9. The molecule has 6 heteroatoms. The number of nitrogens with zero attached hydrogens (tertiary/aromatic N) is 1. The Hall–Kier alpha value is -1.37. The summed E-state index contributed by atoms with van der Waals surface area (Å²) in [5.74, 6) is 0. The molecule has 118 valence electrons. The molecule has 0 heterocycles. The first kappa shape index (κ1) is 17.7. The maximum absolute atomic E-state index is 12.9. The molecular formula is C15H24N2O3S. The molecule has 0 unspecified atom stereocenters. The summed E-state index contributed by atoms with van der Waals surface area (Å²) in [5, 5.41) is 0. The van der Waals surface area contributed by atoms with Gasteiger partial charge < -0.3 is 10.5 Å². The molecule has 0 aliphatic rings. The SMILES string of the molecule is C=CCN(CCOC)S(=O)(=O)c1c(C)cc(C)c(N)c1C. The Morgan fingerprint density at radius 3 is 2.48 bits per heavy atom. The van der Waals surface area contributed by atoms with Crippen LogP contribution in [-0.2, 0) is 14.8 Å². The number of hydrogen-bond donors (Lipinski definition) is 1. The number of hydrogen-bond acceptors (Lipinski definition) is 4. The quantitative estimate of drug-likeness (QED) is 0.617. The van der Waals surface area contributed by atoms with E-state index in [-0.39, 0.29) is 18.0 Å². The van der Waals surface area contributed by atoms with Gasteiger partial charge in [-0.05, 0) is 37.5 Å². The van der Waals surface area contributed by atoms with Crippen LogP contribution < -0.4 is 5.73 Å². The Morgan fingerprint density at radius 1 is 1.33 bits per heavy atom. The second-order valence-corrected chi connectivity index (χ2v) is 6.90. The van der Waals surface area contributed by atoms with E-state index in [0.29, 0.717) is 23.4 Å². The van der Waals surface area contributed by atoms with Gasteiger partial charge in [0.05, 0.1) is 11.5 Å². The third-order valence-corrected chi connectivity index (χ3v) is 5.59. The Balaban J connectivity index is 3.41. The Labute approximate surface area is 127 Å². The molecule has 0 amide bonds. The van der Waals surface area contributed by atoms with Crippen LogP contribution in [0.15, 0.2) is 23.6 Å². The van der Waals surface area contributed by atoms with Gasteiger partial charge in [0.15, 0.2) is 0 Å². The van der Waals surface area contributed by atoms with Crippen molar-refractivity contribution in [3.63, 3.8) is 0 Å². The average molecular weight is 312 g/mol. The van der Waals surface area contributed by atoms with Crippen LogP contribution in [0.1, 0.15) is 16.7 Å². The maximum Gasteiger partial charge on any atom is 0.244 e. The largest absolute Gasteiger partial charge is 0.398 e. The minimum absolute atomic E-state index is 0.234. The number of ether oxygens (including phenoxy) is 1. The van der Waals surface area contributed by atoms with Gasteiger partial charge in [0.2, 0.25) is 10.0 Å². The molecule has 0 aliphatic carbocycles. The minimum atomic E-state index is -3.63. The summed E-state index contributed by atoms with van der Waals surface area (Å²) in [7, 11) is -2.09. The summed E-state index contributed by atoms with van der Waals surface area (Å²) < 4.78 is 32.1. The van der Waals surface area contributed by atoms with Crippen molar-refractivity contribution in [3.05, 3.63) is 35.4 Å². The fourth-order valence-corrected chi connectivity index (χ4v) is 4.19. The van der Waals surface area contributed by atoms with E-state index in [2.05, 4.69) is 6.58 Å². The zero-order chi connectivity index (χ0) is 16.2.